The fourth-order valence-electron chi connectivity index (χ4n) is 1.63. The number of hydrogen-bond donors (Lipinski definition) is 1. The molecule has 0 aliphatic heterocycles. The molecule has 0 radical (unpaired) electrons. The van der Waals surface area contributed by atoms with E-state index in [0.29, 0.717) is 30.3 Å². The van der Waals surface area contributed by atoms with E-state index in [1.807, 2.05) is 6.07 Å². The standard InChI is InChI=1S/C14H15N3O3/c1-19-14(18)11-4-2-3-10(5-11)8-20-13-6-12(7-15)16-9-17-13/h2-6,9H,7-8,15H2,1H3. The fraction of sp³-hybridized carbons (Fsp3) is 0.214. The summed E-state index contributed by atoms with van der Waals surface area (Å²) in [5.41, 5.74) is 7.54. The van der Waals surface area contributed by atoms with Crippen molar-refractivity contribution in [1.82, 2.24) is 9.97 Å². The number of carbonyl (C=O) groups is 1. The van der Waals surface area contributed by atoms with Gasteiger partial charge in [0.25, 0.3) is 0 Å². The maximum atomic E-state index is 11.4. The fourth-order valence-corrected chi connectivity index (χ4v) is 1.63. The van der Waals surface area contributed by atoms with Crippen LogP contribution in [0.25, 0.3) is 0 Å². The third-order valence-electron chi connectivity index (χ3n) is 2.64. The van der Waals surface area contributed by atoms with Gasteiger partial charge in [-0.05, 0) is 17.7 Å². The molecule has 1 aromatic heterocycles. The van der Waals surface area contributed by atoms with Gasteiger partial charge in [0.2, 0.25) is 5.88 Å². The van der Waals surface area contributed by atoms with E-state index < -0.39 is 0 Å². The number of esters is 1. The third-order valence-corrected chi connectivity index (χ3v) is 2.64. The van der Waals surface area contributed by atoms with Crippen LogP contribution < -0.4 is 10.5 Å². The van der Waals surface area contributed by atoms with E-state index in [1.165, 1.54) is 13.4 Å². The van der Waals surface area contributed by atoms with Crippen molar-refractivity contribution in [2.75, 3.05) is 7.11 Å². The highest BCUT2D eigenvalue weighted by atomic mass is 16.5. The Hall–Kier alpha value is -2.47. The number of methoxy groups -OCH3 is 1. The first-order valence-electron chi connectivity index (χ1n) is 6.04. The summed E-state index contributed by atoms with van der Waals surface area (Å²) in [6.45, 7) is 0.628. The Bertz CT molecular complexity index is 602. The molecule has 0 saturated heterocycles. The summed E-state index contributed by atoms with van der Waals surface area (Å²) < 4.78 is 10.2. The summed E-state index contributed by atoms with van der Waals surface area (Å²) in [4.78, 5) is 19.4. The van der Waals surface area contributed by atoms with Crippen LogP contribution in [-0.4, -0.2) is 23.0 Å². The molecular weight excluding hydrogens is 258 g/mol. The van der Waals surface area contributed by atoms with Crippen LogP contribution in [0.4, 0.5) is 0 Å². The van der Waals surface area contributed by atoms with Crippen molar-refractivity contribution in [2.24, 2.45) is 5.73 Å². The van der Waals surface area contributed by atoms with E-state index in [9.17, 15) is 4.79 Å². The first-order chi connectivity index (χ1) is 9.72. The number of ether oxygens (including phenoxy) is 2. The molecule has 104 valence electrons. The smallest absolute Gasteiger partial charge is 0.337 e. The highest BCUT2D eigenvalue weighted by Crippen LogP contribution is 2.12. The molecule has 0 fully saturated rings. The Morgan fingerprint density at radius 2 is 2.15 bits per heavy atom. The lowest BCUT2D eigenvalue weighted by Crippen LogP contribution is -2.04. The maximum absolute atomic E-state index is 11.4. The molecule has 2 aromatic rings. The van der Waals surface area contributed by atoms with Crippen LogP contribution in [0.1, 0.15) is 21.6 Å². The Morgan fingerprint density at radius 3 is 2.90 bits per heavy atom. The van der Waals surface area contributed by atoms with Gasteiger partial charge in [-0.25, -0.2) is 14.8 Å². The van der Waals surface area contributed by atoms with Crippen LogP contribution in [-0.2, 0) is 17.9 Å². The number of rotatable bonds is 5. The summed E-state index contributed by atoms with van der Waals surface area (Å²) in [6.07, 6.45) is 1.41. The van der Waals surface area contributed by atoms with Crippen molar-refractivity contribution >= 4 is 5.97 Å². The van der Waals surface area contributed by atoms with Crippen molar-refractivity contribution < 1.29 is 14.3 Å². The van der Waals surface area contributed by atoms with Crippen molar-refractivity contribution in [3.63, 3.8) is 0 Å². The summed E-state index contributed by atoms with van der Waals surface area (Å²) in [7, 11) is 1.35. The van der Waals surface area contributed by atoms with Crippen molar-refractivity contribution in [3.05, 3.63) is 53.5 Å². The minimum absolute atomic E-state index is 0.297. The van der Waals surface area contributed by atoms with Crippen LogP contribution in [0, 0.1) is 0 Å². The largest absolute Gasteiger partial charge is 0.473 e. The second kappa shape index (κ2) is 6.63. The lowest BCUT2D eigenvalue weighted by Gasteiger charge is -2.07. The van der Waals surface area contributed by atoms with Gasteiger partial charge in [0.05, 0.1) is 18.4 Å². The Kier molecular flexibility index (Phi) is 4.62. The minimum atomic E-state index is -0.376. The molecule has 0 atom stereocenters. The van der Waals surface area contributed by atoms with E-state index in [1.54, 1.807) is 24.3 Å². The zero-order valence-electron chi connectivity index (χ0n) is 11.1. The molecule has 1 aromatic carbocycles. The highest BCUT2D eigenvalue weighted by molar-refractivity contribution is 5.89. The summed E-state index contributed by atoms with van der Waals surface area (Å²) in [5.74, 6) is 0.0724. The first-order valence-corrected chi connectivity index (χ1v) is 6.04. The quantitative estimate of drug-likeness (QED) is 0.826. The zero-order valence-corrected chi connectivity index (χ0v) is 11.1. The summed E-state index contributed by atoms with van der Waals surface area (Å²) in [5, 5.41) is 0. The van der Waals surface area contributed by atoms with Crippen molar-refractivity contribution in [3.8, 4) is 5.88 Å². The second-order valence-corrected chi connectivity index (χ2v) is 4.03. The molecule has 0 spiro atoms. The van der Waals surface area contributed by atoms with Gasteiger partial charge in [-0.3, -0.25) is 0 Å². The monoisotopic (exact) mass is 273 g/mol. The number of carbonyl (C=O) groups excluding carboxylic acids is 1. The van der Waals surface area contributed by atoms with Crippen LogP contribution in [0.5, 0.6) is 5.88 Å². The predicted molar refractivity (Wildman–Crippen MR) is 72.0 cm³/mol. The number of benzene rings is 1. The normalized spacial score (nSPS) is 10.1. The molecule has 0 bridgehead atoms. The maximum Gasteiger partial charge on any atom is 0.337 e. The molecular formula is C14H15N3O3. The molecule has 2 N–H and O–H groups in total. The van der Waals surface area contributed by atoms with Crippen LogP contribution in [0.2, 0.25) is 0 Å². The third kappa shape index (κ3) is 3.52. The van der Waals surface area contributed by atoms with E-state index >= 15 is 0 Å². The Morgan fingerprint density at radius 1 is 1.30 bits per heavy atom. The molecule has 1 heterocycles. The van der Waals surface area contributed by atoms with Gasteiger partial charge in [-0.2, -0.15) is 0 Å². The molecule has 0 aliphatic rings. The Labute approximate surface area is 116 Å². The Balaban J connectivity index is 2.05. The summed E-state index contributed by atoms with van der Waals surface area (Å²) >= 11 is 0. The molecule has 6 nitrogen and oxygen atoms in total. The molecule has 0 unspecified atom stereocenters. The van der Waals surface area contributed by atoms with Gasteiger partial charge in [0.1, 0.15) is 12.9 Å². The number of nitrogens with two attached hydrogens (primary N) is 1. The average Bonchev–Trinajstić information content (AvgIpc) is 2.52. The molecule has 0 saturated carbocycles. The predicted octanol–water partition coefficient (Wildman–Crippen LogP) is 1.30. The van der Waals surface area contributed by atoms with Gasteiger partial charge in [-0.1, -0.05) is 12.1 Å². The molecule has 6 heteroatoms. The van der Waals surface area contributed by atoms with Crippen LogP contribution in [0.3, 0.4) is 0 Å². The van der Waals surface area contributed by atoms with E-state index in [4.69, 9.17) is 10.5 Å². The van der Waals surface area contributed by atoms with Crippen LogP contribution in [0.15, 0.2) is 36.7 Å². The second-order valence-electron chi connectivity index (χ2n) is 4.03. The topological polar surface area (TPSA) is 87.3 Å². The van der Waals surface area contributed by atoms with Gasteiger partial charge in [-0.15, -0.1) is 0 Å². The summed E-state index contributed by atoms with van der Waals surface area (Å²) in [6, 6.07) is 8.72. The molecule has 2 rings (SSSR count). The van der Waals surface area contributed by atoms with Crippen molar-refractivity contribution in [1.29, 1.82) is 0 Å². The van der Waals surface area contributed by atoms with Crippen molar-refractivity contribution in [2.45, 2.75) is 13.2 Å². The van der Waals surface area contributed by atoms with Gasteiger partial charge >= 0.3 is 5.97 Å². The highest BCUT2D eigenvalue weighted by Gasteiger charge is 2.06. The zero-order chi connectivity index (χ0) is 14.4. The SMILES string of the molecule is COC(=O)c1cccc(COc2cc(CN)ncn2)c1. The van der Waals surface area contributed by atoms with E-state index in [2.05, 4.69) is 14.7 Å². The number of hydrogen-bond acceptors (Lipinski definition) is 6. The molecule has 0 amide bonds. The van der Waals surface area contributed by atoms with E-state index in [-0.39, 0.29) is 5.97 Å². The molecule has 0 aliphatic carbocycles. The minimum Gasteiger partial charge on any atom is -0.473 e. The van der Waals surface area contributed by atoms with Crippen LogP contribution >= 0.6 is 0 Å². The van der Waals surface area contributed by atoms with E-state index in [0.717, 1.165) is 5.56 Å². The van der Waals surface area contributed by atoms with Gasteiger partial charge in [0, 0.05) is 12.6 Å². The average molecular weight is 273 g/mol. The number of nitrogens with zero attached hydrogens (tertiary/aromatic N) is 2. The van der Waals surface area contributed by atoms with Gasteiger partial charge in [0.15, 0.2) is 0 Å². The lowest BCUT2D eigenvalue weighted by molar-refractivity contribution is 0.0600. The van der Waals surface area contributed by atoms with Gasteiger partial charge < -0.3 is 15.2 Å². The number of aromatic nitrogens is 2. The first kappa shape index (κ1) is 14.0. The lowest BCUT2D eigenvalue weighted by atomic mass is 10.1. The molecule has 20 heavy (non-hydrogen) atoms.